The van der Waals surface area contributed by atoms with E-state index in [-0.39, 0.29) is 5.91 Å². The highest BCUT2D eigenvalue weighted by Gasteiger charge is 2.18. The van der Waals surface area contributed by atoms with Crippen molar-refractivity contribution in [3.05, 3.63) is 89.9 Å². The fraction of sp³-hybridized carbons (Fsp3) is 0.0455. The van der Waals surface area contributed by atoms with Gasteiger partial charge < -0.3 is 4.98 Å². The van der Waals surface area contributed by atoms with Crippen molar-refractivity contribution in [1.29, 1.82) is 0 Å². The van der Waals surface area contributed by atoms with E-state index in [9.17, 15) is 4.79 Å². The van der Waals surface area contributed by atoms with Crippen LogP contribution in [-0.4, -0.2) is 22.1 Å². The van der Waals surface area contributed by atoms with Crippen molar-refractivity contribution in [2.45, 2.75) is 6.92 Å². The number of pyridine rings is 1. The van der Waals surface area contributed by atoms with Gasteiger partial charge >= 0.3 is 0 Å². The van der Waals surface area contributed by atoms with E-state index < -0.39 is 0 Å². The van der Waals surface area contributed by atoms with Gasteiger partial charge in [-0.3, -0.25) is 9.78 Å². The Hall–Kier alpha value is -3.73. The van der Waals surface area contributed by atoms with Crippen molar-refractivity contribution in [3.8, 4) is 11.1 Å². The van der Waals surface area contributed by atoms with Gasteiger partial charge in [0.1, 0.15) is 5.69 Å². The van der Waals surface area contributed by atoms with Crippen molar-refractivity contribution in [3.63, 3.8) is 0 Å². The first-order valence-corrected chi connectivity index (χ1v) is 8.65. The van der Waals surface area contributed by atoms with E-state index in [0.29, 0.717) is 11.4 Å². The number of fused-ring (bicyclic) bond motifs is 1. The average molecular weight is 354 g/mol. The first kappa shape index (κ1) is 16.7. The van der Waals surface area contributed by atoms with Crippen molar-refractivity contribution in [1.82, 2.24) is 15.4 Å². The fourth-order valence-electron chi connectivity index (χ4n) is 3.07. The van der Waals surface area contributed by atoms with Crippen LogP contribution < -0.4 is 5.43 Å². The van der Waals surface area contributed by atoms with Gasteiger partial charge in [0.15, 0.2) is 0 Å². The number of hydrogen-bond acceptors (Lipinski definition) is 3. The molecule has 132 valence electrons. The minimum atomic E-state index is -0.297. The number of rotatable bonds is 4. The van der Waals surface area contributed by atoms with E-state index in [0.717, 1.165) is 27.7 Å². The van der Waals surface area contributed by atoms with Crippen LogP contribution in [0.25, 0.3) is 22.0 Å². The van der Waals surface area contributed by atoms with Gasteiger partial charge in [-0.15, -0.1) is 0 Å². The number of para-hydroxylation sites is 1. The molecule has 0 aliphatic heterocycles. The summed E-state index contributed by atoms with van der Waals surface area (Å²) in [7, 11) is 0. The summed E-state index contributed by atoms with van der Waals surface area (Å²) in [5, 5.41) is 5.06. The van der Waals surface area contributed by atoms with Gasteiger partial charge in [-0.05, 0) is 30.7 Å². The second kappa shape index (κ2) is 7.25. The molecule has 5 heteroatoms. The maximum absolute atomic E-state index is 12.8. The summed E-state index contributed by atoms with van der Waals surface area (Å²) < 4.78 is 0. The number of carbonyl (C=O) groups excluding carboxylic acids is 1. The Morgan fingerprint density at radius 3 is 2.59 bits per heavy atom. The SMILES string of the molecule is Cc1cccc(C=NNC(=O)c2[nH]c3ccccc3c2-c2ccccc2)n1. The predicted molar refractivity (Wildman–Crippen MR) is 108 cm³/mol. The molecule has 0 aliphatic rings. The maximum atomic E-state index is 12.8. The normalized spacial score (nSPS) is 11.1. The summed E-state index contributed by atoms with van der Waals surface area (Å²) in [5.74, 6) is -0.297. The second-order valence-corrected chi connectivity index (χ2v) is 6.19. The Labute approximate surface area is 156 Å². The van der Waals surface area contributed by atoms with Crippen molar-refractivity contribution in [2.75, 3.05) is 0 Å². The van der Waals surface area contributed by atoms with E-state index in [1.807, 2.05) is 79.7 Å². The quantitative estimate of drug-likeness (QED) is 0.424. The highest BCUT2D eigenvalue weighted by atomic mass is 16.2. The van der Waals surface area contributed by atoms with E-state index >= 15 is 0 Å². The van der Waals surface area contributed by atoms with E-state index in [1.165, 1.54) is 6.21 Å². The standard InChI is InChI=1S/C22H18N4O/c1-15-8-7-11-17(24-15)14-23-26-22(27)21-20(16-9-3-2-4-10-16)18-12-5-6-13-19(18)25-21/h2-14,25H,1H3,(H,26,27). The van der Waals surface area contributed by atoms with Crippen molar-refractivity contribution < 1.29 is 4.79 Å². The lowest BCUT2D eigenvalue weighted by molar-refractivity contribution is 0.0951. The molecule has 2 heterocycles. The third-order valence-electron chi connectivity index (χ3n) is 4.27. The molecule has 0 unspecified atom stereocenters. The monoisotopic (exact) mass is 354 g/mol. The predicted octanol–water partition coefficient (Wildman–Crippen LogP) is 4.30. The lowest BCUT2D eigenvalue weighted by Crippen LogP contribution is -2.19. The van der Waals surface area contributed by atoms with Crippen LogP contribution in [0.4, 0.5) is 0 Å². The zero-order chi connectivity index (χ0) is 18.6. The van der Waals surface area contributed by atoms with Crippen LogP contribution in [0.1, 0.15) is 21.9 Å². The summed E-state index contributed by atoms with van der Waals surface area (Å²) >= 11 is 0. The first-order chi connectivity index (χ1) is 13.2. The number of hydrazone groups is 1. The van der Waals surface area contributed by atoms with Crippen molar-refractivity contribution >= 4 is 23.0 Å². The van der Waals surface area contributed by atoms with Gasteiger partial charge in [-0.1, -0.05) is 54.6 Å². The van der Waals surface area contributed by atoms with E-state index in [1.54, 1.807) is 0 Å². The van der Waals surface area contributed by atoms with Crippen LogP contribution in [-0.2, 0) is 0 Å². The van der Waals surface area contributed by atoms with E-state index in [2.05, 4.69) is 20.5 Å². The number of aromatic nitrogens is 2. The van der Waals surface area contributed by atoms with Gasteiger partial charge in [0, 0.05) is 22.2 Å². The zero-order valence-corrected chi connectivity index (χ0v) is 14.8. The Morgan fingerprint density at radius 2 is 1.78 bits per heavy atom. The Balaban J connectivity index is 1.68. The molecule has 2 aromatic carbocycles. The number of amides is 1. The van der Waals surface area contributed by atoms with Crippen molar-refractivity contribution in [2.24, 2.45) is 5.10 Å². The minimum absolute atomic E-state index is 0.297. The summed E-state index contributed by atoms with van der Waals surface area (Å²) in [6, 6.07) is 23.4. The van der Waals surface area contributed by atoms with Crippen LogP contribution in [0, 0.1) is 6.92 Å². The maximum Gasteiger partial charge on any atom is 0.288 e. The summed E-state index contributed by atoms with van der Waals surface area (Å²) in [6.07, 6.45) is 1.54. The van der Waals surface area contributed by atoms with Crippen LogP contribution in [0.3, 0.4) is 0 Å². The molecule has 0 radical (unpaired) electrons. The number of aryl methyl sites for hydroxylation is 1. The number of H-pyrrole nitrogens is 1. The number of benzene rings is 2. The molecule has 0 saturated carbocycles. The number of nitrogens with zero attached hydrogens (tertiary/aromatic N) is 2. The Bertz CT molecular complexity index is 1130. The summed E-state index contributed by atoms with van der Waals surface area (Å²) in [5.41, 5.74) is 7.42. The number of nitrogens with one attached hydrogen (secondary N) is 2. The molecule has 4 rings (SSSR count). The van der Waals surface area contributed by atoms with Gasteiger partial charge in [-0.2, -0.15) is 5.10 Å². The number of hydrogen-bond donors (Lipinski definition) is 2. The minimum Gasteiger partial charge on any atom is -0.350 e. The molecule has 0 spiro atoms. The third kappa shape index (κ3) is 3.48. The lowest BCUT2D eigenvalue weighted by Gasteiger charge is -2.04. The molecule has 2 aromatic heterocycles. The van der Waals surface area contributed by atoms with E-state index in [4.69, 9.17) is 0 Å². The molecule has 0 bridgehead atoms. The molecule has 4 aromatic rings. The number of carbonyl (C=O) groups is 1. The highest BCUT2D eigenvalue weighted by Crippen LogP contribution is 2.32. The number of aromatic amines is 1. The molecule has 5 nitrogen and oxygen atoms in total. The van der Waals surface area contributed by atoms with Crippen LogP contribution in [0.5, 0.6) is 0 Å². The summed E-state index contributed by atoms with van der Waals surface area (Å²) in [4.78, 5) is 20.3. The third-order valence-corrected chi connectivity index (χ3v) is 4.27. The molecule has 2 N–H and O–H groups in total. The smallest absolute Gasteiger partial charge is 0.288 e. The van der Waals surface area contributed by atoms with Gasteiger partial charge in [-0.25, -0.2) is 5.43 Å². The van der Waals surface area contributed by atoms with Gasteiger partial charge in [0.05, 0.1) is 11.9 Å². The topological polar surface area (TPSA) is 70.1 Å². The molecule has 27 heavy (non-hydrogen) atoms. The largest absolute Gasteiger partial charge is 0.350 e. The van der Waals surface area contributed by atoms with Crippen LogP contribution >= 0.6 is 0 Å². The highest BCUT2D eigenvalue weighted by molar-refractivity contribution is 6.09. The molecule has 0 aliphatic carbocycles. The van der Waals surface area contributed by atoms with Crippen LogP contribution in [0.15, 0.2) is 77.9 Å². The fourth-order valence-corrected chi connectivity index (χ4v) is 3.07. The molecule has 1 amide bonds. The molecular weight excluding hydrogens is 336 g/mol. The van der Waals surface area contributed by atoms with Crippen LogP contribution in [0.2, 0.25) is 0 Å². The lowest BCUT2D eigenvalue weighted by atomic mass is 10.0. The molecule has 0 atom stereocenters. The Morgan fingerprint density at radius 1 is 1.00 bits per heavy atom. The average Bonchev–Trinajstić information content (AvgIpc) is 3.08. The zero-order valence-electron chi connectivity index (χ0n) is 14.8. The second-order valence-electron chi connectivity index (χ2n) is 6.19. The molecule has 0 saturated heterocycles. The molecular formula is C22H18N4O. The first-order valence-electron chi connectivity index (χ1n) is 8.65. The van der Waals surface area contributed by atoms with Gasteiger partial charge in [0.2, 0.25) is 0 Å². The Kier molecular flexibility index (Phi) is 4.49. The molecule has 0 fully saturated rings. The van der Waals surface area contributed by atoms with Gasteiger partial charge in [0.25, 0.3) is 5.91 Å². The summed E-state index contributed by atoms with van der Waals surface area (Å²) in [6.45, 7) is 1.91.